The molecule has 2 aromatic heterocycles. The minimum atomic E-state index is -0.835. The first kappa shape index (κ1) is 42.7. The number of hydrogen-bond acceptors (Lipinski definition) is 8. The predicted octanol–water partition coefficient (Wildman–Crippen LogP) is 8.74. The standard InChI is InChI=1S/C49H54N8O6/c1-29(2)42(54-48(60)62-5)46(58)56-22-8-12-40(56)44-51-28-39(53-44)36-21-20-34-25-33(18-19-35(34)26-36)31-14-16-32(17-15-31)38-27-50-45(52-38)41-13-9-23-57(41)47(59)43(55(4)49(61)63-6)37-11-7-10-30(3)24-37/h7,10-11,14-21,24-29,40-43H,8-9,12-13,22-23H2,1-6H3,(H,50,52)(H,51,53)(H,54,60)/t40-,41-,42-,43?/m0/s1. The number of imidazole rings is 2. The quantitative estimate of drug-likeness (QED) is 0.116. The van der Waals surface area contributed by atoms with E-state index >= 15 is 0 Å². The third kappa shape index (κ3) is 8.75. The number of likely N-dealkylation sites (N-methyl/N-ethyl adjacent to an activating group) is 1. The van der Waals surface area contributed by atoms with E-state index in [9.17, 15) is 19.2 Å². The zero-order chi connectivity index (χ0) is 44.4. The summed E-state index contributed by atoms with van der Waals surface area (Å²) in [5.74, 6) is 1.02. The summed E-state index contributed by atoms with van der Waals surface area (Å²) >= 11 is 0. The molecule has 2 aliphatic heterocycles. The van der Waals surface area contributed by atoms with Gasteiger partial charge in [0, 0.05) is 25.7 Å². The smallest absolute Gasteiger partial charge is 0.410 e. The van der Waals surface area contributed by atoms with Crippen molar-refractivity contribution >= 4 is 34.8 Å². The number of benzene rings is 4. The van der Waals surface area contributed by atoms with Crippen LogP contribution < -0.4 is 5.32 Å². The molecule has 4 amide bonds. The Bertz CT molecular complexity index is 2640. The second kappa shape index (κ2) is 18.2. The molecular formula is C49H54N8O6. The van der Waals surface area contributed by atoms with Crippen LogP contribution in [0, 0.1) is 12.8 Å². The van der Waals surface area contributed by atoms with Crippen LogP contribution in [0.15, 0.2) is 97.3 Å². The van der Waals surface area contributed by atoms with Crippen LogP contribution in [0.5, 0.6) is 0 Å². The number of nitrogens with zero attached hydrogens (tertiary/aromatic N) is 5. The van der Waals surface area contributed by atoms with Crippen LogP contribution in [-0.4, -0.2) is 99.0 Å². The number of hydrogen-bond donors (Lipinski definition) is 3. The van der Waals surface area contributed by atoms with Crippen molar-refractivity contribution in [1.29, 1.82) is 0 Å². The SMILES string of the molecule is COC(=O)N[C@H](C(=O)N1CCC[C@H]1c1ncc(-c2ccc3cc(-c4ccc(-c5cnc([C@@H]6CCCN6C(=O)C(c6cccc(C)c6)N(C)C(=O)OC)[nH]5)cc4)ccc3c2)[nH]1)C(C)C. The average Bonchev–Trinajstić information content (AvgIpc) is 4.15. The van der Waals surface area contributed by atoms with E-state index in [1.165, 1.54) is 19.1 Å². The van der Waals surface area contributed by atoms with Gasteiger partial charge in [0.1, 0.15) is 23.7 Å². The molecule has 0 aliphatic carbocycles. The highest BCUT2D eigenvalue weighted by Crippen LogP contribution is 2.37. The maximum Gasteiger partial charge on any atom is 0.410 e. The monoisotopic (exact) mass is 850 g/mol. The van der Waals surface area contributed by atoms with Gasteiger partial charge in [0.25, 0.3) is 5.91 Å². The van der Waals surface area contributed by atoms with Crippen LogP contribution in [0.2, 0.25) is 0 Å². The van der Waals surface area contributed by atoms with Crippen molar-refractivity contribution in [2.45, 2.75) is 70.6 Å². The van der Waals surface area contributed by atoms with Crippen molar-refractivity contribution in [2.24, 2.45) is 5.92 Å². The van der Waals surface area contributed by atoms with E-state index in [1.54, 1.807) is 7.05 Å². The topological polar surface area (TPSA) is 166 Å². The highest BCUT2D eigenvalue weighted by Gasteiger charge is 2.40. The lowest BCUT2D eigenvalue weighted by Crippen LogP contribution is -2.51. The first-order valence-corrected chi connectivity index (χ1v) is 21.5. The number of fused-ring (bicyclic) bond motifs is 1. The highest BCUT2D eigenvalue weighted by molar-refractivity contribution is 5.91. The van der Waals surface area contributed by atoms with Gasteiger partial charge in [0.15, 0.2) is 0 Å². The molecule has 0 saturated carbocycles. The molecule has 63 heavy (non-hydrogen) atoms. The summed E-state index contributed by atoms with van der Waals surface area (Å²) in [7, 11) is 4.21. The van der Waals surface area contributed by atoms with Crippen molar-refractivity contribution in [3.63, 3.8) is 0 Å². The van der Waals surface area contributed by atoms with Crippen molar-refractivity contribution in [3.8, 4) is 33.6 Å². The maximum atomic E-state index is 14.3. The molecule has 0 radical (unpaired) electrons. The molecule has 1 unspecified atom stereocenters. The second-order valence-electron chi connectivity index (χ2n) is 16.9. The van der Waals surface area contributed by atoms with Gasteiger partial charge in [-0.1, -0.05) is 92.2 Å². The molecule has 3 N–H and O–H groups in total. The Kier molecular flexibility index (Phi) is 12.3. The molecular weight excluding hydrogens is 797 g/mol. The lowest BCUT2D eigenvalue weighted by molar-refractivity contribution is -0.137. The number of ether oxygens (including phenoxy) is 2. The molecule has 2 saturated heterocycles. The van der Waals surface area contributed by atoms with Gasteiger partial charge in [0.05, 0.1) is 50.1 Å². The van der Waals surface area contributed by atoms with Crippen LogP contribution in [-0.2, 0) is 19.1 Å². The Morgan fingerprint density at radius 3 is 1.86 bits per heavy atom. The number of carbonyl (C=O) groups is 4. The number of nitrogens with one attached hydrogen (secondary N) is 3. The first-order chi connectivity index (χ1) is 30.4. The summed E-state index contributed by atoms with van der Waals surface area (Å²) in [4.78, 5) is 74.0. The minimum absolute atomic E-state index is 0.109. The number of H-pyrrole nitrogens is 2. The van der Waals surface area contributed by atoms with E-state index in [2.05, 4.69) is 75.9 Å². The number of carbonyl (C=O) groups excluding carboxylic acids is 4. The number of amides is 4. The van der Waals surface area contributed by atoms with Crippen LogP contribution in [0.25, 0.3) is 44.4 Å². The molecule has 326 valence electrons. The molecule has 14 heteroatoms. The molecule has 6 aromatic rings. The summed E-state index contributed by atoms with van der Waals surface area (Å²) in [6.07, 6.45) is 5.64. The normalized spacial score (nSPS) is 17.2. The largest absolute Gasteiger partial charge is 0.453 e. The van der Waals surface area contributed by atoms with Gasteiger partial charge < -0.3 is 34.6 Å². The molecule has 4 aromatic carbocycles. The fourth-order valence-corrected chi connectivity index (χ4v) is 9.03. The van der Waals surface area contributed by atoms with Crippen molar-refractivity contribution in [1.82, 2.24) is 40.0 Å². The molecule has 2 fully saturated rings. The fraction of sp³-hybridized carbons (Fsp3) is 0.347. The van der Waals surface area contributed by atoms with Crippen molar-refractivity contribution in [2.75, 3.05) is 34.4 Å². The number of likely N-dealkylation sites (tertiary alicyclic amines) is 2. The summed E-state index contributed by atoms with van der Waals surface area (Å²) in [5, 5.41) is 4.89. The number of aryl methyl sites for hydroxylation is 1. The van der Waals surface area contributed by atoms with Crippen LogP contribution >= 0.6 is 0 Å². The van der Waals surface area contributed by atoms with Gasteiger partial charge in [-0.15, -0.1) is 0 Å². The van der Waals surface area contributed by atoms with Gasteiger partial charge in [-0.2, -0.15) is 0 Å². The van der Waals surface area contributed by atoms with Gasteiger partial charge >= 0.3 is 12.2 Å². The zero-order valence-electron chi connectivity index (χ0n) is 36.6. The summed E-state index contributed by atoms with van der Waals surface area (Å²) in [6, 6.07) is 26.8. The molecule has 2 aliphatic rings. The number of aromatic nitrogens is 4. The van der Waals surface area contributed by atoms with E-state index in [1.807, 2.05) is 67.2 Å². The number of rotatable bonds is 11. The van der Waals surface area contributed by atoms with Gasteiger partial charge in [-0.3, -0.25) is 14.5 Å². The molecule has 4 atom stereocenters. The number of aromatic amines is 2. The third-order valence-electron chi connectivity index (χ3n) is 12.4. The summed E-state index contributed by atoms with van der Waals surface area (Å²) in [5.41, 5.74) is 7.58. The summed E-state index contributed by atoms with van der Waals surface area (Å²) < 4.78 is 9.79. The van der Waals surface area contributed by atoms with E-state index in [4.69, 9.17) is 19.4 Å². The third-order valence-corrected chi connectivity index (χ3v) is 12.4. The Morgan fingerprint density at radius 2 is 1.27 bits per heavy atom. The molecule has 14 nitrogen and oxygen atoms in total. The molecule has 4 heterocycles. The number of methoxy groups -OCH3 is 2. The Labute approximate surface area is 367 Å². The maximum absolute atomic E-state index is 14.3. The highest BCUT2D eigenvalue weighted by atomic mass is 16.5. The Balaban J connectivity index is 0.950. The minimum Gasteiger partial charge on any atom is -0.453 e. The van der Waals surface area contributed by atoms with E-state index < -0.39 is 24.3 Å². The molecule has 8 rings (SSSR count). The van der Waals surface area contributed by atoms with E-state index in [0.717, 1.165) is 87.0 Å². The number of alkyl carbamates (subject to hydrolysis) is 1. The lowest BCUT2D eigenvalue weighted by Gasteiger charge is -2.32. The predicted molar refractivity (Wildman–Crippen MR) is 240 cm³/mol. The Morgan fingerprint density at radius 1 is 0.714 bits per heavy atom. The second-order valence-corrected chi connectivity index (χ2v) is 16.9. The molecule has 0 bridgehead atoms. The van der Waals surface area contributed by atoms with Crippen LogP contribution in [0.1, 0.15) is 80.4 Å². The molecule has 0 spiro atoms. The first-order valence-electron chi connectivity index (χ1n) is 21.5. The van der Waals surface area contributed by atoms with Gasteiger partial charge in [-0.25, -0.2) is 19.6 Å². The summed E-state index contributed by atoms with van der Waals surface area (Å²) in [6.45, 7) is 6.93. The van der Waals surface area contributed by atoms with Gasteiger partial charge in [-0.05, 0) is 83.7 Å². The van der Waals surface area contributed by atoms with Crippen molar-refractivity contribution in [3.05, 3.63) is 120 Å². The van der Waals surface area contributed by atoms with Crippen LogP contribution in [0.3, 0.4) is 0 Å². The van der Waals surface area contributed by atoms with E-state index in [-0.39, 0.29) is 29.8 Å². The van der Waals surface area contributed by atoms with Crippen molar-refractivity contribution < 1.29 is 28.7 Å². The Hall–Kier alpha value is -6.96. The van der Waals surface area contributed by atoms with E-state index in [0.29, 0.717) is 18.9 Å². The fourth-order valence-electron chi connectivity index (χ4n) is 9.03. The lowest BCUT2D eigenvalue weighted by atomic mass is 9.98. The average molecular weight is 851 g/mol. The zero-order valence-corrected chi connectivity index (χ0v) is 36.6. The van der Waals surface area contributed by atoms with Gasteiger partial charge in [0.2, 0.25) is 5.91 Å². The van der Waals surface area contributed by atoms with Crippen LogP contribution in [0.4, 0.5) is 9.59 Å².